The lowest BCUT2D eigenvalue weighted by atomic mass is 9.97. The Morgan fingerprint density at radius 2 is 1.69 bits per heavy atom. The number of rotatable bonds is 5. The van der Waals surface area contributed by atoms with Gasteiger partial charge in [-0.2, -0.15) is 0 Å². The summed E-state index contributed by atoms with van der Waals surface area (Å²) in [4.78, 5) is 0. The van der Waals surface area contributed by atoms with Crippen molar-refractivity contribution in [1.82, 2.24) is 4.72 Å². The summed E-state index contributed by atoms with van der Waals surface area (Å²) in [7, 11) is -1.63. The highest BCUT2D eigenvalue weighted by molar-refractivity contribution is 7.89. The normalized spacial score (nSPS) is 20.3. The van der Waals surface area contributed by atoms with Crippen molar-refractivity contribution in [1.29, 1.82) is 0 Å². The molecule has 0 aromatic carbocycles. The van der Waals surface area contributed by atoms with Crippen LogP contribution in [-0.2, 0) is 14.8 Å². The minimum absolute atomic E-state index is 0.0694. The van der Waals surface area contributed by atoms with Crippen LogP contribution < -0.4 is 4.72 Å². The lowest BCUT2D eigenvalue weighted by Crippen LogP contribution is -2.37. The van der Waals surface area contributed by atoms with Crippen LogP contribution in [0.2, 0.25) is 0 Å². The molecule has 0 aliphatic heterocycles. The van der Waals surface area contributed by atoms with Gasteiger partial charge in [-0.25, -0.2) is 13.1 Å². The first kappa shape index (κ1) is 13.9. The summed E-state index contributed by atoms with van der Waals surface area (Å²) in [6.07, 6.45) is 7.99. The van der Waals surface area contributed by atoms with E-state index in [1.807, 2.05) is 0 Å². The Balaban J connectivity index is 2.37. The zero-order valence-corrected chi connectivity index (χ0v) is 10.9. The predicted molar refractivity (Wildman–Crippen MR) is 64.9 cm³/mol. The van der Waals surface area contributed by atoms with Crippen LogP contribution in [-0.4, -0.2) is 33.9 Å². The van der Waals surface area contributed by atoms with E-state index in [-0.39, 0.29) is 18.4 Å². The van der Waals surface area contributed by atoms with Gasteiger partial charge in [-0.05, 0) is 12.8 Å². The maximum Gasteiger partial charge on any atom is 0.214 e. The first-order valence-corrected chi connectivity index (χ1v) is 7.78. The van der Waals surface area contributed by atoms with Crippen molar-refractivity contribution in [2.75, 3.05) is 19.5 Å². The highest BCUT2D eigenvalue weighted by atomic mass is 32.2. The molecule has 0 saturated heterocycles. The minimum Gasteiger partial charge on any atom is -0.384 e. The summed E-state index contributed by atoms with van der Waals surface area (Å²) in [6.45, 7) is 0.266. The Morgan fingerprint density at radius 1 is 1.12 bits per heavy atom. The molecule has 16 heavy (non-hydrogen) atoms. The van der Waals surface area contributed by atoms with Crippen LogP contribution in [0.3, 0.4) is 0 Å². The molecule has 1 aliphatic carbocycles. The average molecular weight is 249 g/mol. The molecular formula is C11H23NO3S. The lowest BCUT2D eigenvalue weighted by molar-refractivity contribution is 0.216. The van der Waals surface area contributed by atoms with E-state index in [9.17, 15) is 8.42 Å². The van der Waals surface area contributed by atoms with Crippen molar-refractivity contribution in [2.24, 2.45) is 0 Å². The molecule has 1 aliphatic rings. The third kappa shape index (κ3) is 5.82. The average Bonchev–Trinajstić information content (AvgIpc) is 2.19. The van der Waals surface area contributed by atoms with E-state index in [2.05, 4.69) is 4.72 Å². The molecule has 0 bridgehead atoms. The number of hydrogen-bond donors (Lipinski definition) is 1. The number of ether oxygens (including phenoxy) is 1. The molecule has 0 aromatic heterocycles. The summed E-state index contributed by atoms with van der Waals surface area (Å²) >= 11 is 0. The molecule has 1 N–H and O–H groups in total. The Hall–Kier alpha value is -0.130. The summed E-state index contributed by atoms with van der Waals surface area (Å²) < 4.78 is 30.9. The second-order valence-corrected chi connectivity index (χ2v) is 6.35. The van der Waals surface area contributed by atoms with Gasteiger partial charge in [-0.15, -0.1) is 0 Å². The van der Waals surface area contributed by atoms with Gasteiger partial charge in [-0.3, -0.25) is 0 Å². The zero-order valence-electron chi connectivity index (χ0n) is 10.1. The fourth-order valence-electron chi connectivity index (χ4n) is 2.08. The van der Waals surface area contributed by atoms with Crippen molar-refractivity contribution < 1.29 is 13.2 Å². The molecular weight excluding hydrogens is 226 g/mol. The number of methoxy groups -OCH3 is 1. The molecule has 1 rings (SSSR count). The highest BCUT2D eigenvalue weighted by Crippen LogP contribution is 2.17. The third-order valence-corrected chi connectivity index (χ3v) is 4.40. The fourth-order valence-corrected chi connectivity index (χ4v) is 3.33. The Bertz CT molecular complexity index is 269. The maximum atomic E-state index is 11.7. The summed E-state index contributed by atoms with van der Waals surface area (Å²) in [6, 6.07) is 0.141. The van der Waals surface area contributed by atoms with Gasteiger partial charge in [0.2, 0.25) is 10.0 Å². The van der Waals surface area contributed by atoms with Gasteiger partial charge in [0.1, 0.15) is 0 Å². The standard InChI is InChI=1S/C11H23NO3S/c1-15-9-10-16(13,14)12-11-7-5-3-2-4-6-8-11/h11-12H,2-10H2,1H3. The second-order valence-electron chi connectivity index (χ2n) is 4.47. The van der Waals surface area contributed by atoms with Crippen molar-refractivity contribution in [3.8, 4) is 0 Å². The minimum atomic E-state index is -3.15. The third-order valence-electron chi connectivity index (χ3n) is 3.01. The molecule has 4 nitrogen and oxygen atoms in total. The molecule has 0 spiro atoms. The van der Waals surface area contributed by atoms with Crippen LogP contribution in [0, 0.1) is 0 Å². The molecule has 5 heteroatoms. The van der Waals surface area contributed by atoms with Gasteiger partial charge < -0.3 is 4.74 Å². The van der Waals surface area contributed by atoms with Crippen molar-refractivity contribution in [3.05, 3.63) is 0 Å². The predicted octanol–water partition coefficient (Wildman–Crippen LogP) is 1.67. The molecule has 0 unspecified atom stereocenters. The molecule has 0 amide bonds. The summed E-state index contributed by atoms with van der Waals surface area (Å²) in [5.74, 6) is 0.0694. The van der Waals surface area contributed by atoms with Crippen molar-refractivity contribution >= 4 is 10.0 Å². The van der Waals surface area contributed by atoms with Gasteiger partial charge in [0.15, 0.2) is 0 Å². The van der Waals surface area contributed by atoms with E-state index in [0.29, 0.717) is 0 Å². The van der Waals surface area contributed by atoms with Gasteiger partial charge in [0.05, 0.1) is 12.4 Å². The Kier molecular flexibility index (Phi) is 6.31. The zero-order chi connectivity index (χ0) is 11.9. The van der Waals surface area contributed by atoms with Gasteiger partial charge in [-0.1, -0.05) is 32.1 Å². The monoisotopic (exact) mass is 249 g/mol. The van der Waals surface area contributed by atoms with E-state index in [1.165, 1.54) is 26.4 Å². The summed E-state index contributed by atoms with van der Waals surface area (Å²) in [5, 5.41) is 0. The van der Waals surface area contributed by atoms with Crippen LogP contribution in [0.4, 0.5) is 0 Å². The first-order valence-electron chi connectivity index (χ1n) is 6.13. The largest absolute Gasteiger partial charge is 0.384 e. The van der Waals surface area contributed by atoms with E-state index >= 15 is 0 Å². The van der Waals surface area contributed by atoms with E-state index in [4.69, 9.17) is 4.74 Å². The van der Waals surface area contributed by atoms with Crippen LogP contribution in [0.15, 0.2) is 0 Å². The second kappa shape index (κ2) is 7.25. The van der Waals surface area contributed by atoms with Gasteiger partial charge in [0.25, 0.3) is 0 Å². The van der Waals surface area contributed by atoms with Gasteiger partial charge in [0, 0.05) is 13.2 Å². The lowest BCUT2D eigenvalue weighted by Gasteiger charge is -2.20. The molecule has 0 heterocycles. The Morgan fingerprint density at radius 3 is 2.25 bits per heavy atom. The van der Waals surface area contributed by atoms with Crippen LogP contribution in [0.5, 0.6) is 0 Å². The fraction of sp³-hybridized carbons (Fsp3) is 1.00. The molecule has 1 fully saturated rings. The highest BCUT2D eigenvalue weighted by Gasteiger charge is 2.18. The van der Waals surface area contributed by atoms with Crippen LogP contribution in [0.1, 0.15) is 44.9 Å². The number of hydrogen-bond acceptors (Lipinski definition) is 3. The van der Waals surface area contributed by atoms with E-state index < -0.39 is 10.0 Å². The topological polar surface area (TPSA) is 55.4 Å². The van der Waals surface area contributed by atoms with Crippen LogP contribution >= 0.6 is 0 Å². The molecule has 0 radical (unpaired) electrons. The quantitative estimate of drug-likeness (QED) is 0.806. The smallest absolute Gasteiger partial charge is 0.214 e. The van der Waals surface area contributed by atoms with Crippen molar-refractivity contribution in [3.63, 3.8) is 0 Å². The molecule has 96 valence electrons. The van der Waals surface area contributed by atoms with Crippen LogP contribution in [0.25, 0.3) is 0 Å². The maximum absolute atomic E-state index is 11.7. The van der Waals surface area contributed by atoms with E-state index in [0.717, 1.165) is 25.7 Å². The van der Waals surface area contributed by atoms with E-state index in [1.54, 1.807) is 0 Å². The molecule has 0 atom stereocenters. The molecule has 0 aromatic rings. The number of nitrogens with one attached hydrogen (secondary N) is 1. The summed E-state index contributed by atoms with van der Waals surface area (Å²) in [5.41, 5.74) is 0. The Labute approximate surface area is 98.8 Å². The SMILES string of the molecule is COCCS(=O)(=O)NC1CCCCCCC1. The van der Waals surface area contributed by atoms with Crippen molar-refractivity contribution in [2.45, 2.75) is 51.0 Å². The molecule has 1 saturated carbocycles. The number of sulfonamides is 1. The first-order chi connectivity index (χ1) is 7.64. The van der Waals surface area contributed by atoms with Gasteiger partial charge >= 0.3 is 0 Å².